The van der Waals surface area contributed by atoms with E-state index in [9.17, 15) is 14.4 Å². The first kappa shape index (κ1) is 17.2. The topological polar surface area (TPSA) is 125 Å². The Morgan fingerprint density at radius 1 is 1.33 bits per heavy atom. The summed E-state index contributed by atoms with van der Waals surface area (Å²) in [7, 11) is -4.46. The van der Waals surface area contributed by atoms with Crippen molar-refractivity contribution in [1.29, 1.82) is 0 Å². The standard InChI is InChI=1S/C14H17N4O4PS/c1-7(2)6-8-10-12(18-14(15-8)24-3)17-13(16-10)11-9(4-5-22-11)23(19,20)21/h4-5,7H,6H2,1-3H3,(H2,19,20,21)(H,15,16,17,18). The second-order valence-corrected chi connectivity index (χ2v) is 8.06. The minimum absolute atomic E-state index is 0.0162. The van der Waals surface area contributed by atoms with Crippen molar-refractivity contribution in [3.05, 3.63) is 18.0 Å². The molecule has 24 heavy (non-hydrogen) atoms. The Bertz CT molecular complexity index is 930. The lowest BCUT2D eigenvalue weighted by atomic mass is 10.1. The quantitative estimate of drug-likeness (QED) is 0.356. The summed E-state index contributed by atoms with van der Waals surface area (Å²) >= 11 is 1.41. The van der Waals surface area contributed by atoms with Crippen LogP contribution in [0.2, 0.25) is 0 Å². The second kappa shape index (κ2) is 6.33. The van der Waals surface area contributed by atoms with Gasteiger partial charge in [-0.15, -0.1) is 0 Å². The maximum atomic E-state index is 11.6. The third-order valence-corrected chi connectivity index (χ3v) is 4.89. The van der Waals surface area contributed by atoms with E-state index in [4.69, 9.17) is 4.42 Å². The highest BCUT2D eigenvalue weighted by Crippen LogP contribution is 2.38. The van der Waals surface area contributed by atoms with Crippen LogP contribution < -0.4 is 5.30 Å². The molecule has 0 spiro atoms. The molecule has 0 unspecified atom stereocenters. The molecule has 3 aromatic rings. The molecule has 3 heterocycles. The number of nitrogens with zero attached hydrogens (tertiary/aromatic N) is 3. The molecule has 8 nitrogen and oxygen atoms in total. The van der Waals surface area contributed by atoms with Gasteiger partial charge in [-0.25, -0.2) is 15.0 Å². The van der Waals surface area contributed by atoms with Crippen LogP contribution in [0.15, 0.2) is 21.9 Å². The van der Waals surface area contributed by atoms with E-state index in [2.05, 4.69) is 33.8 Å². The summed E-state index contributed by atoms with van der Waals surface area (Å²) in [5.74, 6) is 0.632. The summed E-state index contributed by atoms with van der Waals surface area (Å²) in [6.45, 7) is 4.17. The molecule has 0 aliphatic carbocycles. The van der Waals surface area contributed by atoms with E-state index in [-0.39, 0.29) is 16.9 Å². The third-order valence-electron chi connectivity index (χ3n) is 3.36. The van der Waals surface area contributed by atoms with E-state index >= 15 is 0 Å². The smallest absolute Gasteiger partial charge is 0.360 e. The van der Waals surface area contributed by atoms with Gasteiger partial charge in [-0.1, -0.05) is 25.6 Å². The highest BCUT2D eigenvalue weighted by molar-refractivity contribution is 7.98. The van der Waals surface area contributed by atoms with Crippen LogP contribution in [0.5, 0.6) is 0 Å². The van der Waals surface area contributed by atoms with Gasteiger partial charge < -0.3 is 19.2 Å². The number of thioether (sulfide) groups is 1. The summed E-state index contributed by atoms with van der Waals surface area (Å²) in [5.41, 5.74) is 1.93. The average molecular weight is 368 g/mol. The minimum atomic E-state index is -4.46. The Morgan fingerprint density at radius 2 is 2.08 bits per heavy atom. The van der Waals surface area contributed by atoms with Crippen LogP contribution in [-0.4, -0.2) is 36.0 Å². The summed E-state index contributed by atoms with van der Waals surface area (Å²) < 4.78 is 16.8. The predicted molar refractivity (Wildman–Crippen MR) is 91.4 cm³/mol. The number of hydrogen-bond acceptors (Lipinski definition) is 6. The number of furan rings is 1. The van der Waals surface area contributed by atoms with E-state index < -0.39 is 7.60 Å². The summed E-state index contributed by atoms with van der Waals surface area (Å²) in [6, 6.07) is 1.25. The SMILES string of the molecule is CSc1nc(CC(C)C)c2[nH]c(-c3occc3P(=O)(O)O)nc2n1. The molecule has 0 saturated heterocycles. The molecular weight excluding hydrogens is 351 g/mol. The molecular formula is C14H17N4O4PS. The lowest BCUT2D eigenvalue weighted by Gasteiger charge is -2.06. The molecule has 3 aromatic heterocycles. The van der Waals surface area contributed by atoms with Crippen LogP contribution in [0.25, 0.3) is 22.7 Å². The molecule has 3 rings (SSSR count). The fourth-order valence-corrected chi connectivity index (χ4v) is 3.43. The van der Waals surface area contributed by atoms with Crippen LogP contribution >= 0.6 is 19.4 Å². The van der Waals surface area contributed by atoms with Gasteiger partial charge in [0, 0.05) is 0 Å². The molecule has 0 atom stereocenters. The van der Waals surface area contributed by atoms with Gasteiger partial charge in [0.1, 0.15) is 10.8 Å². The zero-order chi connectivity index (χ0) is 17.5. The van der Waals surface area contributed by atoms with Gasteiger partial charge in [0.15, 0.2) is 22.4 Å². The highest BCUT2D eigenvalue weighted by atomic mass is 32.2. The Kier molecular flexibility index (Phi) is 4.52. The molecule has 128 valence electrons. The van der Waals surface area contributed by atoms with Gasteiger partial charge in [-0.05, 0) is 24.7 Å². The van der Waals surface area contributed by atoms with Gasteiger partial charge in [0.25, 0.3) is 0 Å². The largest absolute Gasteiger partial charge is 0.460 e. The fraction of sp³-hybridized carbons (Fsp3) is 0.357. The molecule has 10 heteroatoms. The van der Waals surface area contributed by atoms with Crippen molar-refractivity contribution in [3.63, 3.8) is 0 Å². The molecule has 0 aliphatic heterocycles. The van der Waals surface area contributed by atoms with E-state index in [1.807, 2.05) is 6.26 Å². The molecule has 0 radical (unpaired) electrons. The number of nitrogens with one attached hydrogen (secondary N) is 1. The molecule has 3 N–H and O–H groups in total. The number of aromatic amines is 1. The van der Waals surface area contributed by atoms with Crippen molar-refractivity contribution >= 4 is 35.8 Å². The number of aromatic nitrogens is 4. The van der Waals surface area contributed by atoms with Gasteiger partial charge >= 0.3 is 7.60 Å². The lowest BCUT2D eigenvalue weighted by molar-refractivity contribution is 0.387. The Labute approximate surface area is 142 Å². The van der Waals surface area contributed by atoms with Crippen LogP contribution in [0.3, 0.4) is 0 Å². The van der Waals surface area contributed by atoms with Crippen molar-refractivity contribution in [2.75, 3.05) is 6.26 Å². The third kappa shape index (κ3) is 3.25. The average Bonchev–Trinajstić information content (AvgIpc) is 3.11. The number of imidazole rings is 1. The van der Waals surface area contributed by atoms with Crippen LogP contribution in [-0.2, 0) is 11.0 Å². The first-order valence-electron chi connectivity index (χ1n) is 7.24. The van der Waals surface area contributed by atoms with Gasteiger partial charge in [0.2, 0.25) is 0 Å². The Hall–Kier alpha value is -1.67. The Morgan fingerprint density at radius 3 is 2.71 bits per heavy atom. The van der Waals surface area contributed by atoms with E-state index in [1.54, 1.807) is 0 Å². The summed E-state index contributed by atoms with van der Waals surface area (Å²) in [4.78, 5) is 35.1. The lowest BCUT2D eigenvalue weighted by Crippen LogP contribution is -2.04. The van der Waals surface area contributed by atoms with Gasteiger partial charge in [0.05, 0.1) is 12.0 Å². The van der Waals surface area contributed by atoms with Gasteiger partial charge in [-0.3, -0.25) is 4.57 Å². The molecule has 0 bridgehead atoms. The van der Waals surface area contributed by atoms with Crippen molar-refractivity contribution in [3.8, 4) is 11.6 Å². The van der Waals surface area contributed by atoms with Crippen molar-refractivity contribution in [1.82, 2.24) is 19.9 Å². The van der Waals surface area contributed by atoms with Crippen molar-refractivity contribution in [2.45, 2.75) is 25.4 Å². The zero-order valence-electron chi connectivity index (χ0n) is 13.3. The fourth-order valence-electron chi connectivity index (χ4n) is 2.38. The molecule has 0 amide bonds. The van der Waals surface area contributed by atoms with E-state index in [0.717, 1.165) is 12.1 Å². The number of fused-ring (bicyclic) bond motifs is 1. The number of rotatable bonds is 5. The first-order valence-corrected chi connectivity index (χ1v) is 10.1. The van der Waals surface area contributed by atoms with Crippen LogP contribution in [0.1, 0.15) is 19.5 Å². The summed E-state index contributed by atoms with van der Waals surface area (Å²) in [5, 5.41) is 0.399. The maximum Gasteiger partial charge on any atom is 0.360 e. The van der Waals surface area contributed by atoms with Gasteiger partial charge in [-0.2, -0.15) is 0 Å². The van der Waals surface area contributed by atoms with Crippen LogP contribution in [0, 0.1) is 5.92 Å². The first-order chi connectivity index (χ1) is 11.3. The van der Waals surface area contributed by atoms with E-state index in [0.29, 0.717) is 22.2 Å². The molecule has 0 aliphatic rings. The molecule has 0 aromatic carbocycles. The highest BCUT2D eigenvalue weighted by Gasteiger charge is 2.27. The molecule has 0 fully saturated rings. The van der Waals surface area contributed by atoms with E-state index in [1.165, 1.54) is 24.1 Å². The summed E-state index contributed by atoms with van der Waals surface area (Å²) in [6.07, 6.45) is 3.84. The monoisotopic (exact) mass is 368 g/mol. The second-order valence-electron chi connectivity index (χ2n) is 5.72. The zero-order valence-corrected chi connectivity index (χ0v) is 15.1. The number of H-pyrrole nitrogens is 1. The van der Waals surface area contributed by atoms with Crippen LogP contribution in [0.4, 0.5) is 0 Å². The minimum Gasteiger partial charge on any atom is -0.460 e. The van der Waals surface area contributed by atoms with Crippen molar-refractivity contribution < 1.29 is 18.8 Å². The maximum absolute atomic E-state index is 11.6. The predicted octanol–water partition coefficient (Wildman–Crippen LogP) is 2.34. The number of hydrogen-bond donors (Lipinski definition) is 3. The van der Waals surface area contributed by atoms with Crippen molar-refractivity contribution in [2.24, 2.45) is 5.92 Å². The Balaban J connectivity index is 2.18. The normalized spacial score (nSPS) is 12.4. The molecule has 0 saturated carbocycles.